The zero-order valence-corrected chi connectivity index (χ0v) is 13.6. The van der Waals surface area contributed by atoms with Gasteiger partial charge >= 0.3 is 0 Å². The number of amides is 1. The van der Waals surface area contributed by atoms with Crippen molar-refractivity contribution in [3.05, 3.63) is 41.9 Å². The van der Waals surface area contributed by atoms with Crippen LogP contribution >= 0.6 is 0 Å². The quantitative estimate of drug-likeness (QED) is 0.833. The fourth-order valence-electron chi connectivity index (χ4n) is 3.61. The van der Waals surface area contributed by atoms with Crippen molar-refractivity contribution in [1.29, 1.82) is 0 Å². The predicted molar refractivity (Wildman–Crippen MR) is 87.6 cm³/mol. The smallest absolute Gasteiger partial charge is 0.224 e. The van der Waals surface area contributed by atoms with Gasteiger partial charge < -0.3 is 9.73 Å². The highest BCUT2D eigenvalue weighted by atomic mass is 16.3. The van der Waals surface area contributed by atoms with Crippen molar-refractivity contribution in [1.82, 2.24) is 25.4 Å². The third-order valence-electron chi connectivity index (χ3n) is 4.83. The summed E-state index contributed by atoms with van der Waals surface area (Å²) in [7, 11) is 0. The number of aryl methyl sites for hydroxylation is 1. The molecular formula is C17H21N5O2. The molecule has 2 aliphatic rings. The van der Waals surface area contributed by atoms with E-state index in [1.165, 1.54) is 0 Å². The number of furan rings is 1. The van der Waals surface area contributed by atoms with Crippen molar-refractivity contribution in [2.24, 2.45) is 17.8 Å². The Kier molecular flexibility index (Phi) is 3.93. The van der Waals surface area contributed by atoms with Crippen LogP contribution in [-0.2, 0) is 11.3 Å². The Morgan fingerprint density at radius 2 is 2.33 bits per heavy atom. The number of hydrogen-bond donors (Lipinski definition) is 2. The van der Waals surface area contributed by atoms with Gasteiger partial charge in [-0.1, -0.05) is 6.08 Å². The molecule has 1 saturated heterocycles. The maximum absolute atomic E-state index is 12.3. The highest BCUT2D eigenvalue weighted by Gasteiger charge is 2.58. The fraction of sp³-hybridized carbons (Fsp3) is 0.471. The molecule has 0 bridgehead atoms. The molecule has 1 aliphatic heterocycles. The molecule has 3 heterocycles. The normalized spacial score (nSPS) is 26.0. The summed E-state index contributed by atoms with van der Waals surface area (Å²) < 4.78 is 5.27. The molecule has 24 heavy (non-hydrogen) atoms. The van der Waals surface area contributed by atoms with E-state index in [4.69, 9.17) is 4.42 Å². The number of hydrogen-bond acceptors (Lipinski definition) is 5. The first-order chi connectivity index (χ1) is 11.7. The molecule has 126 valence electrons. The number of piperidine rings is 1. The number of carbonyl (C=O) groups is 1. The van der Waals surface area contributed by atoms with Crippen LogP contribution < -0.4 is 5.32 Å². The highest BCUT2D eigenvalue weighted by molar-refractivity contribution is 5.82. The molecule has 1 saturated carbocycles. The molecule has 2 aromatic heterocycles. The van der Waals surface area contributed by atoms with Gasteiger partial charge in [-0.2, -0.15) is 5.10 Å². The lowest BCUT2D eigenvalue weighted by molar-refractivity contribution is -0.123. The van der Waals surface area contributed by atoms with Gasteiger partial charge in [-0.15, -0.1) is 0 Å². The van der Waals surface area contributed by atoms with Crippen molar-refractivity contribution >= 4 is 12.0 Å². The van der Waals surface area contributed by atoms with Gasteiger partial charge in [-0.3, -0.25) is 14.8 Å². The number of nitrogens with one attached hydrogen (secondary N) is 2. The molecule has 0 aromatic carbocycles. The van der Waals surface area contributed by atoms with Crippen molar-refractivity contribution in [3.8, 4) is 0 Å². The summed E-state index contributed by atoms with van der Waals surface area (Å²) in [6.45, 7) is 5.13. The second kappa shape index (κ2) is 6.24. The molecule has 1 amide bonds. The summed E-state index contributed by atoms with van der Waals surface area (Å²) in [5.41, 5.74) is 0. The maximum Gasteiger partial charge on any atom is 0.224 e. The number of aromatic amines is 1. The monoisotopic (exact) mass is 327 g/mol. The van der Waals surface area contributed by atoms with Crippen LogP contribution in [0.4, 0.5) is 0 Å². The van der Waals surface area contributed by atoms with Crippen LogP contribution in [0.2, 0.25) is 0 Å². The average Bonchev–Trinajstić information content (AvgIpc) is 3.06. The van der Waals surface area contributed by atoms with Crippen LogP contribution in [0.1, 0.15) is 17.4 Å². The van der Waals surface area contributed by atoms with E-state index in [1.807, 2.05) is 25.1 Å². The summed E-state index contributed by atoms with van der Waals surface area (Å²) in [6, 6.07) is 3.82. The lowest BCUT2D eigenvalue weighted by atomic mass is 10.2. The van der Waals surface area contributed by atoms with Crippen LogP contribution in [0.25, 0.3) is 6.08 Å². The minimum absolute atomic E-state index is 0.137. The van der Waals surface area contributed by atoms with Crippen LogP contribution in [0, 0.1) is 24.7 Å². The molecule has 7 heteroatoms. The van der Waals surface area contributed by atoms with E-state index in [9.17, 15) is 4.79 Å². The summed E-state index contributed by atoms with van der Waals surface area (Å²) >= 11 is 0. The Morgan fingerprint density at radius 3 is 3.00 bits per heavy atom. The first-order valence-corrected chi connectivity index (χ1v) is 8.28. The fourth-order valence-corrected chi connectivity index (χ4v) is 3.61. The zero-order chi connectivity index (χ0) is 16.5. The molecule has 1 aliphatic carbocycles. The third-order valence-corrected chi connectivity index (χ3v) is 4.83. The van der Waals surface area contributed by atoms with E-state index in [-0.39, 0.29) is 11.8 Å². The number of carbonyl (C=O) groups excluding carboxylic acids is 1. The minimum atomic E-state index is 0.137. The standard InChI is InChI=1S/C17H21N5O2/c1-11-19-15(21-20-11)8-18-17(23)16-13-9-22(10-14(13)16)6-2-4-12-5-3-7-24-12/h2-5,7,13-14,16H,6,8-10H2,1H3,(H,18,23)(H,19,20,21)/b4-2+/t13-,14+,16?. The molecule has 1 unspecified atom stereocenters. The Bertz CT molecular complexity index is 724. The number of aromatic nitrogens is 3. The van der Waals surface area contributed by atoms with E-state index >= 15 is 0 Å². The summed E-state index contributed by atoms with van der Waals surface area (Å²) in [5, 5.41) is 9.76. The van der Waals surface area contributed by atoms with Crippen molar-refractivity contribution in [2.45, 2.75) is 13.5 Å². The van der Waals surface area contributed by atoms with Gasteiger partial charge in [-0.25, -0.2) is 4.98 Å². The Hall–Kier alpha value is -2.41. The van der Waals surface area contributed by atoms with Gasteiger partial charge in [0.2, 0.25) is 5.91 Å². The van der Waals surface area contributed by atoms with Crippen molar-refractivity contribution in [2.75, 3.05) is 19.6 Å². The molecular weight excluding hydrogens is 306 g/mol. The molecule has 3 atom stereocenters. The van der Waals surface area contributed by atoms with Gasteiger partial charge in [0.05, 0.1) is 12.8 Å². The molecule has 0 spiro atoms. The number of fused-ring (bicyclic) bond motifs is 1. The molecule has 0 radical (unpaired) electrons. The van der Waals surface area contributed by atoms with E-state index in [1.54, 1.807) is 6.26 Å². The lowest BCUT2D eigenvalue weighted by Crippen LogP contribution is -2.31. The van der Waals surface area contributed by atoms with E-state index < -0.39 is 0 Å². The maximum atomic E-state index is 12.3. The second-order valence-corrected chi connectivity index (χ2v) is 6.54. The Labute approximate surface area is 140 Å². The van der Waals surface area contributed by atoms with E-state index in [0.29, 0.717) is 24.2 Å². The van der Waals surface area contributed by atoms with Gasteiger partial charge in [0.15, 0.2) is 5.82 Å². The molecule has 2 N–H and O–H groups in total. The van der Waals surface area contributed by atoms with Crippen LogP contribution in [-0.4, -0.2) is 45.6 Å². The Balaban J connectivity index is 1.20. The zero-order valence-electron chi connectivity index (χ0n) is 13.6. The van der Waals surface area contributed by atoms with Crippen LogP contribution in [0.5, 0.6) is 0 Å². The van der Waals surface area contributed by atoms with Crippen molar-refractivity contribution < 1.29 is 9.21 Å². The van der Waals surface area contributed by atoms with Gasteiger partial charge in [-0.05, 0) is 37.0 Å². The molecule has 2 aromatic rings. The SMILES string of the molecule is Cc1nc(CNC(=O)C2[C@H]3CN(C/C=C/c4ccco4)C[C@@H]23)n[nH]1. The topological polar surface area (TPSA) is 87.1 Å². The number of rotatable bonds is 6. The Morgan fingerprint density at radius 1 is 1.50 bits per heavy atom. The number of H-pyrrole nitrogens is 1. The van der Waals surface area contributed by atoms with Crippen molar-refractivity contribution in [3.63, 3.8) is 0 Å². The average molecular weight is 327 g/mol. The third kappa shape index (κ3) is 3.12. The molecule has 4 rings (SSSR count). The first kappa shape index (κ1) is 15.1. The first-order valence-electron chi connectivity index (χ1n) is 8.28. The van der Waals surface area contributed by atoms with Gasteiger partial charge in [0, 0.05) is 25.6 Å². The summed E-state index contributed by atoms with van der Waals surface area (Å²) in [6.07, 6.45) is 5.78. The van der Waals surface area contributed by atoms with Gasteiger partial charge in [0.1, 0.15) is 11.6 Å². The number of nitrogens with zero attached hydrogens (tertiary/aromatic N) is 3. The highest BCUT2D eigenvalue weighted by Crippen LogP contribution is 2.51. The molecule has 7 nitrogen and oxygen atoms in total. The lowest BCUT2D eigenvalue weighted by Gasteiger charge is -2.17. The van der Waals surface area contributed by atoms with Gasteiger partial charge in [0.25, 0.3) is 0 Å². The van der Waals surface area contributed by atoms with Crippen LogP contribution in [0.3, 0.4) is 0 Å². The minimum Gasteiger partial charge on any atom is -0.465 e. The molecule has 2 fully saturated rings. The van der Waals surface area contributed by atoms with Crippen LogP contribution in [0.15, 0.2) is 28.9 Å². The second-order valence-electron chi connectivity index (χ2n) is 6.54. The largest absolute Gasteiger partial charge is 0.465 e. The van der Waals surface area contributed by atoms with E-state index in [2.05, 4.69) is 31.5 Å². The van der Waals surface area contributed by atoms with E-state index in [0.717, 1.165) is 31.2 Å². The summed E-state index contributed by atoms with van der Waals surface area (Å²) in [5.74, 6) is 3.57. The number of likely N-dealkylation sites (tertiary alicyclic amines) is 1. The summed E-state index contributed by atoms with van der Waals surface area (Å²) in [4.78, 5) is 18.8. The predicted octanol–water partition coefficient (Wildman–Crippen LogP) is 1.21.